The third-order valence-electron chi connectivity index (χ3n) is 3.29. The molecule has 1 aliphatic heterocycles. The number of halogens is 1. The average molecular weight is 299 g/mol. The van der Waals surface area contributed by atoms with Crippen LogP contribution in [0.5, 0.6) is 0 Å². The number of piperazine rings is 1. The van der Waals surface area contributed by atoms with Crippen LogP contribution in [0.25, 0.3) is 0 Å². The lowest BCUT2D eigenvalue weighted by atomic mass is 10.1. The van der Waals surface area contributed by atoms with Gasteiger partial charge < -0.3 is 15.3 Å². The molecular weight excluding hydrogens is 280 g/mol. The fourth-order valence-electron chi connectivity index (χ4n) is 2.27. The van der Waals surface area contributed by atoms with E-state index in [1.807, 2.05) is 0 Å². The molecule has 1 aromatic carbocycles. The molecule has 2 unspecified atom stereocenters. The van der Waals surface area contributed by atoms with E-state index in [1.165, 1.54) is 5.69 Å². The zero-order chi connectivity index (χ0) is 12.3. The summed E-state index contributed by atoms with van der Waals surface area (Å²) in [6, 6.07) is 9.31. The molecule has 0 radical (unpaired) electrons. The molecule has 0 aromatic heterocycles. The largest absolute Gasteiger partial charge is 0.396 e. The van der Waals surface area contributed by atoms with Gasteiger partial charge in [0.15, 0.2) is 0 Å². The summed E-state index contributed by atoms with van der Waals surface area (Å²) in [5.74, 6) is 0. The van der Waals surface area contributed by atoms with Gasteiger partial charge in [-0.1, -0.05) is 15.9 Å². The van der Waals surface area contributed by atoms with Crippen LogP contribution < -0.4 is 10.2 Å². The molecule has 1 fully saturated rings. The third-order valence-corrected chi connectivity index (χ3v) is 3.82. The highest BCUT2D eigenvalue weighted by molar-refractivity contribution is 9.10. The Kier molecular flexibility index (Phi) is 4.42. The minimum Gasteiger partial charge on any atom is -0.396 e. The van der Waals surface area contributed by atoms with Crippen LogP contribution in [0.1, 0.15) is 13.3 Å². The zero-order valence-corrected chi connectivity index (χ0v) is 11.7. The molecular formula is C13H19BrN2O. The van der Waals surface area contributed by atoms with Gasteiger partial charge >= 0.3 is 0 Å². The fourth-order valence-corrected chi connectivity index (χ4v) is 2.54. The fraction of sp³-hybridized carbons (Fsp3) is 0.538. The van der Waals surface area contributed by atoms with Crippen molar-refractivity contribution < 1.29 is 5.11 Å². The molecule has 1 aliphatic rings. The summed E-state index contributed by atoms with van der Waals surface area (Å²) < 4.78 is 1.11. The van der Waals surface area contributed by atoms with Crippen molar-refractivity contribution in [3.63, 3.8) is 0 Å². The van der Waals surface area contributed by atoms with Gasteiger partial charge in [-0.2, -0.15) is 0 Å². The van der Waals surface area contributed by atoms with Gasteiger partial charge in [-0.25, -0.2) is 0 Å². The highest BCUT2D eigenvalue weighted by atomic mass is 79.9. The lowest BCUT2D eigenvalue weighted by Gasteiger charge is -2.40. The topological polar surface area (TPSA) is 35.5 Å². The van der Waals surface area contributed by atoms with Gasteiger partial charge in [0.1, 0.15) is 0 Å². The monoisotopic (exact) mass is 298 g/mol. The van der Waals surface area contributed by atoms with Crippen LogP contribution in [0.2, 0.25) is 0 Å². The van der Waals surface area contributed by atoms with E-state index in [2.05, 4.69) is 57.3 Å². The number of hydrogen-bond acceptors (Lipinski definition) is 3. The number of anilines is 1. The molecule has 2 N–H and O–H groups in total. The van der Waals surface area contributed by atoms with Crippen molar-refractivity contribution in [1.29, 1.82) is 0 Å². The van der Waals surface area contributed by atoms with Crippen molar-refractivity contribution in [2.45, 2.75) is 25.4 Å². The summed E-state index contributed by atoms with van der Waals surface area (Å²) in [6.07, 6.45) is 0.819. The predicted molar refractivity (Wildman–Crippen MR) is 74.4 cm³/mol. The minimum absolute atomic E-state index is 0.250. The SMILES string of the molecule is CC1CNC(CCO)CN1c1ccc(Br)cc1. The molecule has 4 heteroatoms. The molecule has 0 aliphatic carbocycles. The van der Waals surface area contributed by atoms with Crippen molar-refractivity contribution in [2.24, 2.45) is 0 Å². The summed E-state index contributed by atoms with van der Waals surface area (Å²) in [7, 11) is 0. The van der Waals surface area contributed by atoms with Crippen LogP contribution in [0.3, 0.4) is 0 Å². The molecule has 1 heterocycles. The quantitative estimate of drug-likeness (QED) is 0.896. The molecule has 0 bridgehead atoms. The number of nitrogens with zero attached hydrogens (tertiary/aromatic N) is 1. The molecule has 2 rings (SSSR count). The van der Waals surface area contributed by atoms with Crippen LogP contribution in [0, 0.1) is 0 Å². The van der Waals surface area contributed by atoms with E-state index in [9.17, 15) is 0 Å². The lowest BCUT2D eigenvalue weighted by molar-refractivity contribution is 0.255. The Hall–Kier alpha value is -0.580. The first-order chi connectivity index (χ1) is 8.20. The van der Waals surface area contributed by atoms with E-state index in [0.717, 1.165) is 24.0 Å². The Balaban J connectivity index is 2.09. The molecule has 94 valence electrons. The number of hydrogen-bond donors (Lipinski definition) is 2. The van der Waals surface area contributed by atoms with E-state index in [-0.39, 0.29) is 6.61 Å². The summed E-state index contributed by atoms with van der Waals surface area (Å²) >= 11 is 3.46. The third kappa shape index (κ3) is 3.21. The second-order valence-corrected chi connectivity index (χ2v) is 5.51. The van der Waals surface area contributed by atoms with Gasteiger partial charge in [-0.15, -0.1) is 0 Å². The summed E-state index contributed by atoms with van der Waals surface area (Å²) in [5, 5.41) is 12.5. The maximum absolute atomic E-state index is 9.01. The van der Waals surface area contributed by atoms with Gasteiger partial charge in [0.25, 0.3) is 0 Å². The summed E-state index contributed by atoms with van der Waals surface area (Å²) in [4.78, 5) is 2.41. The Morgan fingerprint density at radius 3 is 2.76 bits per heavy atom. The van der Waals surface area contributed by atoms with Crippen LogP contribution in [-0.4, -0.2) is 36.9 Å². The zero-order valence-electron chi connectivity index (χ0n) is 10.1. The van der Waals surface area contributed by atoms with E-state index in [4.69, 9.17) is 5.11 Å². The van der Waals surface area contributed by atoms with E-state index < -0.39 is 0 Å². The van der Waals surface area contributed by atoms with Gasteiger partial charge in [0.2, 0.25) is 0 Å². The van der Waals surface area contributed by atoms with Crippen molar-refractivity contribution >= 4 is 21.6 Å². The standard InChI is InChI=1S/C13H19BrN2O/c1-10-8-15-12(6-7-17)9-16(10)13-4-2-11(14)3-5-13/h2-5,10,12,15,17H,6-9H2,1H3. The molecule has 17 heavy (non-hydrogen) atoms. The lowest BCUT2D eigenvalue weighted by Crippen LogP contribution is -2.55. The number of benzene rings is 1. The van der Waals surface area contributed by atoms with Crippen LogP contribution in [0.15, 0.2) is 28.7 Å². The molecule has 2 atom stereocenters. The first-order valence-corrected chi connectivity index (χ1v) is 6.86. The van der Waals surface area contributed by atoms with Crippen molar-refractivity contribution in [3.8, 4) is 0 Å². The highest BCUT2D eigenvalue weighted by Crippen LogP contribution is 2.22. The maximum Gasteiger partial charge on any atom is 0.0446 e. The van der Waals surface area contributed by atoms with Crippen molar-refractivity contribution in [3.05, 3.63) is 28.7 Å². The average Bonchev–Trinajstić information content (AvgIpc) is 2.33. The molecule has 0 saturated carbocycles. The van der Waals surface area contributed by atoms with E-state index >= 15 is 0 Å². The Bertz CT molecular complexity index is 355. The summed E-state index contributed by atoms with van der Waals surface area (Å²) in [6.45, 7) is 4.41. The molecule has 1 saturated heterocycles. The first-order valence-electron chi connectivity index (χ1n) is 6.07. The van der Waals surface area contributed by atoms with Gasteiger partial charge in [-0.3, -0.25) is 0 Å². The molecule has 1 aromatic rings. The van der Waals surface area contributed by atoms with Crippen molar-refractivity contribution in [1.82, 2.24) is 5.32 Å². The highest BCUT2D eigenvalue weighted by Gasteiger charge is 2.24. The molecule has 0 spiro atoms. The minimum atomic E-state index is 0.250. The predicted octanol–water partition coefficient (Wildman–Crippen LogP) is 2.00. The van der Waals surface area contributed by atoms with Crippen LogP contribution >= 0.6 is 15.9 Å². The van der Waals surface area contributed by atoms with Crippen LogP contribution in [-0.2, 0) is 0 Å². The van der Waals surface area contributed by atoms with Gasteiger partial charge in [0, 0.05) is 41.9 Å². The Morgan fingerprint density at radius 2 is 2.12 bits per heavy atom. The van der Waals surface area contributed by atoms with Gasteiger partial charge in [-0.05, 0) is 37.6 Å². The Morgan fingerprint density at radius 1 is 1.41 bits per heavy atom. The smallest absolute Gasteiger partial charge is 0.0446 e. The van der Waals surface area contributed by atoms with E-state index in [1.54, 1.807) is 0 Å². The number of aliphatic hydroxyl groups is 1. The Labute approximate surface area is 111 Å². The number of aliphatic hydroxyl groups excluding tert-OH is 1. The van der Waals surface area contributed by atoms with Crippen LogP contribution in [0.4, 0.5) is 5.69 Å². The van der Waals surface area contributed by atoms with E-state index in [0.29, 0.717) is 12.1 Å². The van der Waals surface area contributed by atoms with Gasteiger partial charge in [0.05, 0.1) is 0 Å². The normalized spacial score (nSPS) is 25.0. The first kappa shape index (κ1) is 12.9. The van der Waals surface area contributed by atoms with Crippen molar-refractivity contribution in [2.75, 3.05) is 24.6 Å². The summed E-state index contributed by atoms with van der Waals surface area (Å²) in [5.41, 5.74) is 1.25. The second kappa shape index (κ2) is 5.85. The number of rotatable bonds is 3. The molecule has 0 amide bonds. The molecule has 3 nitrogen and oxygen atoms in total. The maximum atomic E-state index is 9.01. The number of nitrogens with one attached hydrogen (secondary N) is 1. The second-order valence-electron chi connectivity index (χ2n) is 4.60.